The number of morpholine rings is 1. The molecular formula is C16H22N2O4. The fraction of sp³-hybridized carbons (Fsp3) is 0.500. The zero-order chi connectivity index (χ0) is 16.2. The number of benzene rings is 1. The van der Waals surface area contributed by atoms with Crippen LogP contribution in [-0.2, 0) is 14.3 Å². The highest BCUT2D eigenvalue weighted by molar-refractivity contribution is 5.94. The number of anilines is 1. The van der Waals surface area contributed by atoms with Crippen molar-refractivity contribution in [1.29, 1.82) is 0 Å². The van der Waals surface area contributed by atoms with E-state index in [1.54, 1.807) is 24.3 Å². The third kappa shape index (κ3) is 4.05. The van der Waals surface area contributed by atoms with Crippen molar-refractivity contribution in [3.05, 3.63) is 29.8 Å². The Balaban J connectivity index is 1.93. The molecule has 0 bridgehead atoms. The zero-order valence-corrected chi connectivity index (χ0v) is 13.2. The first-order chi connectivity index (χ1) is 10.4. The van der Waals surface area contributed by atoms with E-state index in [1.807, 2.05) is 0 Å². The second-order valence-corrected chi connectivity index (χ2v) is 5.90. The van der Waals surface area contributed by atoms with Crippen LogP contribution in [0, 0.1) is 0 Å². The van der Waals surface area contributed by atoms with E-state index in [9.17, 15) is 9.59 Å². The van der Waals surface area contributed by atoms with Crippen LogP contribution in [0.5, 0.6) is 0 Å². The number of hydrogen-bond acceptors (Lipinski definition) is 5. The molecule has 1 N–H and O–H groups in total. The number of rotatable bonds is 4. The first-order valence-electron chi connectivity index (χ1n) is 7.23. The van der Waals surface area contributed by atoms with Gasteiger partial charge in [0.2, 0.25) is 5.91 Å². The van der Waals surface area contributed by atoms with Crippen LogP contribution in [0.3, 0.4) is 0 Å². The maximum atomic E-state index is 12.2. The van der Waals surface area contributed by atoms with E-state index in [0.29, 0.717) is 31.0 Å². The minimum Gasteiger partial charge on any atom is -0.465 e. The monoisotopic (exact) mass is 306 g/mol. The molecule has 0 aromatic heterocycles. The number of nitrogens with one attached hydrogen (secondary N) is 1. The Kier molecular flexibility index (Phi) is 5.15. The molecule has 1 aliphatic rings. The molecule has 6 nitrogen and oxygen atoms in total. The first kappa shape index (κ1) is 16.5. The molecule has 0 unspecified atom stereocenters. The van der Waals surface area contributed by atoms with Gasteiger partial charge >= 0.3 is 5.97 Å². The van der Waals surface area contributed by atoms with Gasteiger partial charge in [0.15, 0.2) is 0 Å². The van der Waals surface area contributed by atoms with E-state index in [4.69, 9.17) is 4.74 Å². The molecule has 1 saturated heterocycles. The van der Waals surface area contributed by atoms with Crippen LogP contribution in [0.25, 0.3) is 0 Å². The van der Waals surface area contributed by atoms with Gasteiger partial charge in [0.05, 0.1) is 32.4 Å². The SMILES string of the molecule is COC(=O)c1ccc(NC(=O)CN2CCOCC2(C)C)cc1. The average molecular weight is 306 g/mol. The van der Waals surface area contributed by atoms with Crippen molar-refractivity contribution in [1.82, 2.24) is 4.90 Å². The van der Waals surface area contributed by atoms with Crippen molar-refractivity contribution in [3.63, 3.8) is 0 Å². The first-order valence-corrected chi connectivity index (χ1v) is 7.23. The minimum atomic E-state index is -0.395. The van der Waals surface area contributed by atoms with E-state index in [-0.39, 0.29) is 11.4 Å². The Hall–Kier alpha value is -1.92. The number of esters is 1. The summed E-state index contributed by atoms with van der Waals surface area (Å²) in [5, 5.41) is 2.84. The van der Waals surface area contributed by atoms with Crippen LogP contribution in [-0.4, -0.2) is 55.7 Å². The smallest absolute Gasteiger partial charge is 0.337 e. The molecule has 0 atom stereocenters. The van der Waals surface area contributed by atoms with Crippen LogP contribution in [0.2, 0.25) is 0 Å². The second-order valence-electron chi connectivity index (χ2n) is 5.90. The van der Waals surface area contributed by atoms with E-state index in [0.717, 1.165) is 6.54 Å². The fourth-order valence-corrected chi connectivity index (χ4v) is 2.37. The summed E-state index contributed by atoms with van der Waals surface area (Å²) in [7, 11) is 1.34. The fourth-order valence-electron chi connectivity index (χ4n) is 2.37. The topological polar surface area (TPSA) is 67.9 Å². The summed E-state index contributed by atoms with van der Waals surface area (Å²) in [6, 6.07) is 6.63. The van der Waals surface area contributed by atoms with Crippen LogP contribution < -0.4 is 5.32 Å². The summed E-state index contributed by atoms with van der Waals surface area (Å²) in [5.41, 5.74) is 0.961. The number of carbonyl (C=O) groups is 2. The lowest BCUT2D eigenvalue weighted by atomic mass is 10.0. The second kappa shape index (κ2) is 6.89. The van der Waals surface area contributed by atoms with Gasteiger partial charge in [-0.15, -0.1) is 0 Å². The summed E-state index contributed by atoms with van der Waals surface area (Å²) in [6.07, 6.45) is 0. The number of nitrogens with zero attached hydrogens (tertiary/aromatic N) is 1. The van der Waals surface area contributed by atoms with Crippen LogP contribution in [0.1, 0.15) is 24.2 Å². The largest absolute Gasteiger partial charge is 0.465 e. The molecule has 1 aliphatic heterocycles. The lowest BCUT2D eigenvalue weighted by molar-refractivity contribution is -0.122. The third-order valence-electron chi connectivity index (χ3n) is 3.74. The van der Waals surface area contributed by atoms with Crippen LogP contribution in [0.15, 0.2) is 24.3 Å². The van der Waals surface area contributed by atoms with Gasteiger partial charge in [0.25, 0.3) is 0 Å². The molecule has 0 spiro atoms. The molecule has 120 valence electrons. The number of amides is 1. The highest BCUT2D eigenvalue weighted by atomic mass is 16.5. The normalized spacial score (nSPS) is 17.8. The van der Waals surface area contributed by atoms with E-state index >= 15 is 0 Å². The van der Waals surface area contributed by atoms with Crippen molar-refractivity contribution in [2.75, 3.05) is 38.7 Å². The molecule has 1 aromatic rings. The maximum Gasteiger partial charge on any atom is 0.337 e. The molecule has 0 aliphatic carbocycles. The molecule has 22 heavy (non-hydrogen) atoms. The summed E-state index contributed by atoms with van der Waals surface area (Å²) in [5.74, 6) is -0.478. The average Bonchev–Trinajstić information content (AvgIpc) is 2.49. The van der Waals surface area contributed by atoms with Crippen molar-refractivity contribution in [3.8, 4) is 0 Å². The van der Waals surface area contributed by atoms with E-state index in [2.05, 4.69) is 28.8 Å². The number of ether oxygens (including phenoxy) is 2. The Morgan fingerprint density at radius 1 is 1.32 bits per heavy atom. The van der Waals surface area contributed by atoms with Crippen molar-refractivity contribution >= 4 is 17.6 Å². The lowest BCUT2D eigenvalue weighted by Gasteiger charge is -2.41. The zero-order valence-electron chi connectivity index (χ0n) is 13.2. The summed E-state index contributed by atoms with van der Waals surface area (Å²) in [4.78, 5) is 25.6. The molecule has 0 saturated carbocycles. The third-order valence-corrected chi connectivity index (χ3v) is 3.74. The number of carbonyl (C=O) groups excluding carboxylic acids is 2. The summed E-state index contributed by atoms with van der Waals surface area (Å²) >= 11 is 0. The van der Waals surface area contributed by atoms with Gasteiger partial charge in [-0.25, -0.2) is 4.79 Å². The molecule has 0 radical (unpaired) electrons. The molecule has 1 aromatic carbocycles. The predicted octanol–water partition coefficient (Wildman–Crippen LogP) is 1.52. The summed E-state index contributed by atoms with van der Waals surface area (Å²) in [6.45, 7) is 6.44. The molecule has 1 amide bonds. The molecule has 6 heteroatoms. The number of hydrogen-bond donors (Lipinski definition) is 1. The lowest BCUT2D eigenvalue weighted by Crippen LogP contribution is -2.55. The number of methoxy groups -OCH3 is 1. The quantitative estimate of drug-likeness (QED) is 0.854. The van der Waals surface area contributed by atoms with Gasteiger partial charge in [-0.1, -0.05) is 0 Å². The van der Waals surface area contributed by atoms with Gasteiger partial charge < -0.3 is 14.8 Å². The Morgan fingerprint density at radius 2 is 2.00 bits per heavy atom. The standard InChI is InChI=1S/C16H22N2O4/c1-16(2)11-22-9-8-18(16)10-14(19)17-13-6-4-12(5-7-13)15(20)21-3/h4-7H,8-11H2,1-3H3,(H,17,19). The minimum absolute atomic E-state index is 0.0826. The van der Waals surface area contributed by atoms with E-state index < -0.39 is 5.97 Å². The molecule has 2 rings (SSSR count). The highest BCUT2D eigenvalue weighted by Crippen LogP contribution is 2.18. The molecular weight excluding hydrogens is 284 g/mol. The van der Waals surface area contributed by atoms with Gasteiger partial charge in [0.1, 0.15) is 0 Å². The Labute approximate surface area is 130 Å². The van der Waals surface area contributed by atoms with Crippen LogP contribution >= 0.6 is 0 Å². The maximum absolute atomic E-state index is 12.2. The van der Waals surface area contributed by atoms with Gasteiger partial charge in [0, 0.05) is 17.8 Å². The Bertz CT molecular complexity index is 540. The van der Waals surface area contributed by atoms with Gasteiger partial charge in [-0.2, -0.15) is 0 Å². The van der Waals surface area contributed by atoms with Gasteiger partial charge in [-0.05, 0) is 38.1 Å². The van der Waals surface area contributed by atoms with E-state index in [1.165, 1.54) is 7.11 Å². The predicted molar refractivity (Wildman–Crippen MR) is 82.9 cm³/mol. The Morgan fingerprint density at radius 3 is 2.59 bits per heavy atom. The molecule has 1 fully saturated rings. The van der Waals surface area contributed by atoms with Crippen molar-refractivity contribution < 1.29 is 19.1 Å². The van der Waals surface area contributed by atoms with Crippen molar-refractivity contribution in [2.24, 2.45) is 0 Å². The molecule has 1 heterocycles. The van der Waals surface area contributed by atoms with Crippen molar-refractivity contribution in [2.45, 2.75) is 19.4 Å². The highest BCUT2D eigenvalue weighted by Gasteiger charge is 2.31. The van der Waals surface area contributed by atoms with Gasteiger partial charge in [-0.3, -0.25) is 9.69 Å². The van der Waals surface area contributed by atoms with Crippen LogP contribution in [0.4, 0.5) is 5.69 Å². The summed E-state index contributed by atoms with van der Waals surface area (Å²) < 4.78 is 10.1.